The largest absolute Gasteiger partial charge is 0.493 e. The van der Waals surface area contributed by atoms with Gasteiger partial charge in [-0.15, -0.1) is 11.3 Å². The van der Waals surface area contributed by atoms with Gasteiger partial charge in [-0.25, -0.2) is 4.98 Å². The quantitative estimate of drug-likeness (QED) is 0.421. The molecule has 1 aromatic heterocycles. The highest BCUT2D eigenvalue weighted by atomic mass is 35.5. The van der Waals surface area contributed by atoms with Gasteiger partial charge in [0.15, 0.2) is 11.5 Å². The Morgan fingerprint density at radius 3 is 2.28 bits per heavy atom. The molecule has 29 heavy (non-hydrogen) atoms. The van der Waals surface area contributed by atoms with E-state index in [2.05, 4.69) is 11.1 Å². The Kier molecular flexibility index (Phi) is 6.65. The van der Waals surface area contributed by atoms with Crippen LogP contribution < -0.4 is 14.2 Å². The SMILES string of the molecule is COc1cc(/C=C(/C#N)c2nc(-c3ccc(Cl)c(Cl)c3)cs2)cc(OC)c1OC. The molecule has 5 nitrogen and oxygen atoms in total. The predicted octanol–water partition coefficient (Wildman–Crippen LogP) is 6.21. The van der Waals surface area contributed by atoms with Gasteiger partial charge in [0.25, 0.3) is 0 Å². The summed E-state index contributed by atoms with van der Waals surface area (Å²) in [7, 11) is 4.62. The number of hydrogen-bond donors (Lipinski definition) is 0. The van der Waals surface area contributed by atoms with Crippen molar-refractivity contribution < 1.29 is 14.2 Å². The molecule has 0 N–H and O–H groups in total. The van der Waals surface area contributed by atoms with Crippen LogP contribution in [0.1, 0.15) is 10.6 Å². The Morgan fingerprint density at radius 2 is 1.72 bits per heavy atom. The van der Waals surface area contributed by atoms with Crippen molar-refractivity contribution in [1.29, 1.82) is 5.26 Å². The second-order valence-electron chi connectivity index (χ2n) is 5.80. The van der Waals surface area contributed by atoms with E-state index in [-0.39, 0.29) is 0 Å². The summed E-state index contributed by atoms with van der Waals surface area (Å²) >= 11 is 13.4. The molecule has 0 saturated heterocycles. The maximum atomic E-state index is 9.68. The lowest BCUT2D eigenvalue weighted by molar-refractivity contribution is 0.324. The second kappa shape index (κ2) is 9.19. The minimum atomic E-state index is 0.413. The number of nitrogens with zero attached hydrogens (tertiary/aromatic N) is 2. The first-order valence-corrected chi connectivity index (χ1v) is 9.97. The summed E-state index contributed by atoms with van der Waals surface area (Å²) < 4.78 is 16.1. The number of aromatic nitrogens is 1. The number of nitriles is 1. The van der Waals surface area contributed by atoms with Gasteiger partial charge in [-0.2, -0.15) is 5.26 Å². The van der Waals surface area contributed by atoms with E-state index in [1.54, 1.807) is 44.6 Å². The van der Waals surface area contributed by atoms with Crippen LogP contribution in [-0.4, -0.2) is 26.3 Å². The molecular formula is C21H16Cl2N2O3S. The van der Waals surface area contributed by atoms with Crippen molar-refractivity contribution in [2.75, 3.05) is 21.3 Å². The standard InChI is InChI=1S/C21H16Cl2N2O3S/c1-26-18-7-12(8-19(27-2)20(18)28-3)6-14(10-24)21-25-17(11-29-21)13-4-5-15(22)16(23)9-13/h4-9,11H,1-3H3/b14-6-. The molecule has 0 atom stereocenters. The Labute approximate surface area is 182 Å². The molecule has 3 aromatic rings. The molecule has 0 fully saturated rings. The van der Waals surface area contributed by atoms with Gasteiger partial charge in [-0.05, 0) is 35.9 Å². The first-order chi connectivity index (χ1) is 14.0. The van der Waals surface area contributed by atoms with Crippen LogP contribution in [0.2, 0.25) is 10.0 Å². The number of ether oxygens (including phenoxy) is 3. The van der Waals surface area contributed by atoms with Crippen molar-refractivity contribution in [2.24, 2.45) is 0 Å². The van der Waals surface area contributed by atoms with Crippen LogP contribution in [0.15, 0.2) is 35.7 Å². The van der Waals surface area contributed by atoms with Gasteiger partial charge in [-0.1, -0.05) is 29.3 Å². The highest BCUT2D eigenvalue weighted by Gasteiger charge is 2.14. The zero-order valence-electron chi connectivity index (χ0n) is 15.8. The highest BCUT2D eigenvalue weighted by molar-refractivity contribution is 7.11. The first-order valence-electron chi connectivity index (χ1n) is 8.33. The molecule has 0 unspecified atom stereocenters. The third kappa shape index (κ3) is 4.48. The summed E-state index contributed by atoms with van der Waals surface area (Å²) in [5, 5.41) is 13.1. The number of allylic oxidation sites excluding steroid dienone is 1. The van der Waals surface area contributed by atoms with Crippen LogP contribution in [-0.2, 0) is 0 Å². The average molecular weight is 447 g/mol. The van der Waals surface area contributed by atoms with Crippen molar-refractivity contribution in [2.45, 2.75) is 0 Å². The average Bonchev–Trinajstić information content (AvgIpc) is 3.23. The molecule has 0 aliphatic carbocycles. The third-order valence-corrected chi connectivity index (χ3v) is 5.68. The number of thiazole rings is 1. The summed E-state index contributed by atoms with van der Waals surface area (Å²) in [6.45, 7) is 0. The van der Waals surface area contributed by atoms with E-state index in [4.69, 9.17) is 37.4 Å². The zero-order chi connectivity index (χ0) is 21.0. The molecule has 8 heteroatoms. The molecule has 148 valence electrons. The molecule has 0 spiro atoms. The zero-order valence-corrected chi connectivity index (χ0v) is 18.2. The van der Waals surface area contributed by atoms with Gasteiger partial charge in [-0.3, -0.25) is 0 Å². The summed E-state index contributed by atoms with van der Waals surface area (Å²) in [5.41, 5.74) is 2.68. The van der Waals surface area contributed by atoms with E-state index in [0.717, 1.165) is 16.8 Å². The van der Waals surface area contributed by atoms with E-state index < -0.39 is 0 Å². The minimum absolute atomic E-state index is 0.413. The number of hydrogen-bond acceptors (Lipinski definition) is 6. The molecule has 1 heterocycles. The Balaban J connectivity index is 2.00. The molecule has 0 radical (unpaired) electrons. The minimum Gasteiger partial charge on any atom is -0.493 e. The van der Waals surface area contributed by atoms with Crippen LogP contribution >= 0.6 is 34.5 Å². The smallest absolute Gasteiger partial charge is 0.203 e. The number of methoxy groups -OCH3 is 3. The molecule has 0 aliphatic rings. The van der Waals surface area contributed by atoms with Gasteiger partial charge < -0.3 is 14.2 Å². The van der Waals surface area contributed by atoms with Crippen LogP contribution in [0, 0.1) is 11.3 Å². The monoisotopic (exact) mass is 446 g/mol. The Hall–Kier alpha value is -2.72. The van der Waals surface area contributed by atoms with E-state index in [1.165, 1.54) is 18.4 Å². The van der Waals surface area contributed by atoms with E-state index in [0.29, 0.717) is 37.9 Å². The second-order valence-corrected chi connectivity index (χ2v) is 7.47. The summed E-state index contributed by atoms with van der Waals surface area (Å²) in [6, 6.07) is 11.0. The van der Waals surface area contributed by atoms with Crippen LogP contribution in [0.4, 0.5) is 0 Å². The maximum absolute atomic E-state index is 9.68. The normalized spacial score (nSPS) is 11.1. The molecule has 0 aliphatic heterocycles. The summed E-state index contributed by atoms with van der Waals surface area (Å²) in [5.74, 6) is 1.50. The lowest BCUT2D eigenvalue weighted by Gasteiger charge is -2.13. The molecule has 0 saturated carbocycles. The van der Waals surface area contributed by atoms with Gasteiger partial charge in [0.1, 0.15) is 11.1 Å². The van der Waals surface area contributed by atoms with Crippen molar-refractivity contribution in [1.82, 2.24) is 4.98 Å². The molecule has 2 aromatic carbocycles. The molecule has 0 bridgehead atoms. The van der Waals surface area contributed by atoms with E-state index in [9.17, 15) is 5.26 Å². The maximum Gasteiger partial charge on any atom is 0.203 e. The topological polar surface area (TPSA) is 64.4 Å². The lowest BCUT2D eigenvalue weighted by atomic mass is 10.1. The Morgan fingerprint density at radius 1 is 1.03 bits per heavy atom. The fourth-order valence-electron chi connectivity index (χ4n) is 2.68. The first kappa shape index (κ1) is 21.0. The molecule has 0 amide bonds. The van der Waals surface area contributed by atoms with Crippen LogP contribution in [0.3, 0.4) is 0 Å². The molecular weight excluding hydrogens is 431 g/mol. The number of rotatable bonds is 6. The van der Waals surface area contributed by atoms with E-state index >= 15 is 0 Å². The van der Waals surface area contributed by atoms with Gasteiger partial charge >= 0.3 is 0 Å². The highest BCUT2D eigenvalue weighted by Crippen LogP contribution is 2.39. The van der Waals surface area contributed by atoms with Crippen molar-refractivity contribution in [3.05, 3.63) is 56.3 Å². The number of halogens is 2. The summed E-state index contributed by atoms with van der Waals surface area (Å²) in [6.07, 6.45) is 1.72. The van der Waals surface area contributed by atoms with Crippen molar-refractivity contribution in [3.63, 3.8) is 0 Å². The van der Waals surface area contributed by atoms with Gasteiger partial charge in [0, 0.05) is 10.9 Å². The summed E-state index contributed by atoms with van der Waals surface area (Å²) in [4.78, 5) is 4.58. The molecule has 3 rings (SSSR count). The van der Waals surface area contributed by atoms with Crippen LogP contribution in [0.5, 0.6) is 17.2 Å². The fraction of sp³-hybridized carbons (Fsp3) is 0.143. The van der Waals surface area contributed by atoms with E-state index in [1.807, 2.05) is 11.4 Å². The van der Waals surface area contributed by atoms with Gasteiger partial charge in [0.2, 0.25) is 5.75 Å². The lowest BCUT2D eigenvalue weighted by Crippen LogP contribution is -1.95. The Bertz CT molecular complexity index is 1090. The fourth-order valence-corrected chi connectivity index (χ4v) is 3.77. The third-order valence-electron chi connectivity index (χ3n) is 4.07. The predicted molar refractivity (Wildman–Crippen MR) is 117 cm³/mol. The van der Waals surface area contributed by atoms with Gasteiger partial charge in [0.05, 0.1) is 42.6 Å². The number of benzene rings is 2. The van der Waals surface area contributed by atoms with Crippen molar-refractivity contribution in [3.8, 4) is 34.6 Å². The van der Waals surface area contributed by atoms with Crippen LogP contribution in [0.25, 0.3) is 22.9 Å². The van der Waals surface area contributed by atoms with Crippen molar-refractivity contribution >= 4 is 46.2 Å².